The van der Waals surface area contributed by atoms with Gasteiger partial charge < -0.3 is 5.32 Å². The van der Waals surface area contributed by atoms with E-state index in [2.05, 4.69) is 80.2 Å². The van der Waals surface area contributed by atoms with Gasteiger partial charge in [-0.25, -0.2) is 0 Å². The van der Waals surface area contributed by atoms with E-state index in [0.717, 1.165) is 33.7 Å². The van der Waals surface area contributed by atoms with E-state index in [1.54, 1.807) is 12.3 Å². The van der Waals surface area contributed by atoms with Gasteiger partial charge in [-0.15, -0.1) is 18.9 Å². The van der Waals surface area contributed by atoms with Crippen LogP contribution in [-0.4, -0.2) is 16.0 Å². The predicted octanol–water partition coefficient (Wildman–Crippen LogP) is 9.00. The van der Waals surface area contributed by atoms with Crippen molar-refractivity contribution in [2.24, 2.45) is 5.92 Å². The van der Waals surface area contributed by atoms with Crippen LogP contribution in [-0.2, 0) is 17.4 Å². The molecule has 0 bridgehead atoms. The van der Waals surface area contributed by atoms with E-state index in [-0.39, 0.29) is 35.2 Å². The molecule has 4 rings (SSSR count). The van der Waals surface area contributed by atoms with Gasteiger partial charge in [0, 0.05) is 35.3 Å². The minimum atomic E-state index is -0.137. The molecule has 2 aromatic carbocycles. The molecule has 2 aromatic heterocycles. The van der Waals surface area contributed by atoms with E-state index in [1.165, 1.54) is 0 Å². The standard InChI is InChI=1S/C32H30N3.C3H6.Cr/c1-4-33-32(24(2)3)28(31(26-17-9-6-10-18-26)30-20-12-14-22-35-30)23-27(25-15-7-5-8-16-25)29-19-11-13-21-34-29;1-3-2;/h4-22,24,31-32H,1H2,2-3H3;3H,1H2,2H3;/q-1;;. The summed E-state index contributed by atoms with van der Waals surface area (Å²) in [5.74, 6) is 0.0992. The summed E-state index contributed by atoms with van der Waals surface area (Å²) in [6.45, 7) is 13.5. The fourth-order valence-electron chi connectivity index (χ4n) is 4.29. The summed E-state index contributed by atoms with van der Waals surface area (Å²) >= 11 is 0. The molecule has 0 aliphatic carbocycles. The molecular formula is C35H36CrN3-. The molecule has 2 unspecified atom stereocenters. The third-order valence-electron chi connectivity index (χ3n) is 5.90. The Morgan fingerprint density at radius 3 is 1.87 bits per heavy atom. The summed E-state index contributed by atoms with van der Waals surface area (Å²) in [6.07, 6.45) is 7.06. The van der Waals surface area contributed by atoms with Gasteiger partial charge in [0.25, 0.3) is 0 Å². The van der Waals surface area contributed by atoms with E-state index < -0.39 is 0 Å². The van der Waals surface area contributed by atoms with Crippen molar-refractivity contribution >= 4 is 5.57 Å². The van der Waals surface area contributed by atoms with E-state index in [4.69, 9.17) is 10.3 Å². The predicted molar refractivity (Wildman–Crippen MR) is 161 cm³/mol. The first-order valence-electron chi connectivity index (χ1n) is 12.9. The Hall–Kier alpha value is -3.93. The summed E-state index contributed by atoms with van der Waals surface area (Å²) < 4.78 is 0. The molecule has 39 heavy (non-hydrogen) atoms. The maximum Gasteiger partial charge on any atom is 0.0785 e. The zero-order valence-electron chi connectivity index (χ0n) is 22.9. The van der Waals surface area contributed by atoms with Gasteiger partial charge in [-0.2, -0.15) is 6.20 Å². The van der Waals surface area contributed by atoms with E-state index in [1.807, 2.05) is 73.9 Å². The molecule has 0 aliphatic heterocycles. The zero-order chi connectivity index (χ0) is 27.2. The summed E-state index contributed by atoms with van der Waals surface area (Å²) in [7, 11) is 0. The van der Waals surface area contributed by atoms with Gasteiger partial charge in [0.05, 0.1) is 17.3 Å². The van der Waals surface area contributed by atoms with Gasteiger partial charge in [0.1, 0.15) is 0 Å². The second-order valence-corrected chi connectivity index (χ2v) is 9.06. The molecule has 2 heterocycles. The van der Waals surface area contributed by atoms with Crippen LogP contribution >= 0.6 is 0 Å². The molecule has 0 spiro atoms. The van der Waals surface area contributed by atoms with Crippen LogP contribution in [0.1, 0.15) is 49.2 Å². The number of pyridine rings is 2. The average Bonchev–Trinajstić information content (AvgIpc) is 2.96. The molecule has 0 saturated carbocycles. The molecule has 3 nitrogen and oxygen atoms in total. The van der Waals surface area contributed by atoms with Crippen molar-refractivity contribution in [3.8, 4) is 0 Å². The van der Waals surface area contributed by atoms with Crippen LogP contribution in [0.25, 0.3) is 10.9 Å². The Morgan fingerprint density at radius 1 is 0.795 bits per heavy atom. The molecule has 198 valence electrons. The summed E-state index contributed by atoms with van der Waals surface area (Å²) in [6, 6.07) is 32.7. The molecule has 4 aromatic rings. The van der Waals surface area contributed by atoms with Crippen molar-refractivity contribution in [1.82, 2.24) is 9.97 Å². The number of benzene rings is 2. The third kappa shape index (κ3) is 8.81. The summed E-state index contributed by atoms with van der Waals surface area (Å²) in [5.41, 5.74) is 9.83. The van der Waals surface area contributed by atoms with Crippen molar-refractivity contribution in [2.75, 3.05) is 0 Å². The van der Waals surface area contributed by atoms with Crippen LogP contribution in [0.15, 0.2) is 146 Å². The number of aromatic nitrogens is 2. The molecular weight excluding hydrogens is 514 g/mol. The Balaban J connectivity index is 0.00000127. The van der Waals surface area contributed by atoms with E-state index in [9.17, 15) is 0 Å². The topological polar surface area (TPSA) is 39.9 Å². The summed E-state index contributed by atoms with van der Waals surface area (Å²) in [5, 5.41) is 4.84. The monoisotopic (exact) mass is 550 g/mol. The quantitative estimate of drug-likeness (QED) is 0.154. The van der Waals surface area contributed by atoms with Crippen molar-refractivity contribution in [2.45, 2.75) is 32.7 Å². The number of allylic oxidation sites excluding steroid dienone is 1. The van der Waals surface area contributed by atoms with Crippen LogP contribution in [0.3, 0.4) is 0 Å². The van der Waals surface area contributed by atoms with Gasteiger partial charge in [0.2, 0.25) is 0 Å². The largest absolute Gasteiger partial charge is 0.684 e. The molecule has 0 fully saturated rings. The van der Waals surface area contributed by atoms with Crippen molar-refractivity contribution < 1.29 is 17.4 Å². The van der Waals surface area contributed by atoms with Gasteiger partial charge in [-0.05, 0) is 47.9 Å². The Kier molecular flexibility index (Phi) is 13.5. The SMILES string of the molecule is C=CC.C=C[N-]C(C(=C=C(c1ccccc1)c1ccccn1)C(c1ccccc1)c1ccccn1)C(C)C.[Cr]. The second kappa shape index (κ2) is 16.8. The number of rotatable bonds is 9. The maximum absolute atomic E-state index is 4.84. The third-order valence-corrected chi connectivity index (χ3v) is 5.90. The van der Waals surface area contributed by atoms with Gasteiger partial charge in [0.15, 0.2) is 0 Å². The Morgan fingerprint density at radius 2 is 1.36 bits per heavy atom. The molecule has 4 heteroatoms. The van der Waals surface area contributed by atoms with Crippen molar-refractivity contribution in [1.29, 1.82) is 0 Å². The average molecular weight is 551 g/mol. The van der Waals surface area contributed by atoms with Crippen molar-refractivity contribution in [3.05, 3.63) is 174 Å². The van der Waals surface area contributed by atoms with E-state index in [0.29, 0.717) is 0 Å². The smallest absolute Gasteiger partial charge is 0.0785 e. The van der Waals surface area contributed by atoms with Gasteiger partial charge in [-0.3, -0.25) is 9.97 Å². The Labute approximate surface area is 244 Å². The van der Waals surface area contributed by atoms with E-state index >= 15 is 0 Å². The normalized spacial score (nSPS) is 11.4. The summed E-state index contributed by atoms with van der Waals surface area (Å²) in [4.78, 5) is 9.46. The van der Waals surface area contributed by atoms with Crippen LogP contribution < -0.4 is 0 Å². The number of hydrogen-bond acceptors (Lipinski definition) is 2. The maximum atomic E-state index is 4.84. The van der Waals surface area contributed by atoms with Crippen LogP contribution in [0.2, 0.25) is 0 Å². The van der Waals surface area contributed by atoms with Crippen molar-refractivity contribution in [3.63, 3.8) is 0 Å². The number of hydrogen-bond donors (Lipinski definition) is 0. The first kappa shape index (κ1) is 31.3. The Bertz CT molecular complexity index is 1250. The zero-order valence-corrected chi connectivity index (χ0v) is 24.2. The van der Waals surface area contributed by atoms with Gasteiger partial charge >= 0.3 is 0 Å². The first-order valence-corrected chi connectivity index (χ1v) is 12.9. The minimum Gasteiger partial charge on any atom is -0.684 e. The fourth-order valence-corrected chi connectivity index (χ4v) is 4.29. The number of nitrogens with zero attached hydrogens (tertiary/aromatic N) is 3. The first-order chi connectivity index (χ1) is 18.6. The molecule has 0 radical (unpaired) electrons. The molecule has 0 aliphatic rings. The molecule has 0 saturated heterocycles. The second-order valence-electron chi connectivity index (χ2n) is 9.06. The van der Waals surface area contributed by atoms with Crippen LogP contribution in [0.5, 0.6) is 0 Å². The van der Waals surface area contributed by atoms with Crippen LogP contribution in [0.4, 0.5) is 0 Å². The molecule has 2 atom stereocenters. The molecule has 0 amide bonds. The fraction of sp³-hybridized carbons (Fsp3) is 0.171. The van der Waals surface area contributed by atoms with Gasteiger partial charge in [-0.1, -0.05) is 105 Å². The van der Waals surface area contributed by atoms with Crippen LogP contribution in [0, 0.1) is 5.92 Å². The molecule has 0 N–H and O–H groups in total. The minimum absolute atomic E-state index is 0.